The predicted octanol–water partition coefficient (Wildman–Crippen LogP) is 4.60. The second kappa shape index (κ2) is 5.70. The van der Waals surface area contributed by atoms with Crippen LogP contribution in [-0.4, -0.2) is 18.9 Å². The topological polar surface area (TPSA) is 20.3 Å². The zero-order valence-corrected chi connectivity index (χ0v) is 12.5. The van der Waals surface area contributed by atoms with Gasteiger partial charge in [-0.25, -0.2) is 0 Å². The SMILES string of the molecule is CC(=O)c1cc(C(F)(F)F)cc(N(C)C2CCCC2)c1C. The molecule has 0 aromatic heterocycles. The maximum atomic E-state index is 13.1. The van der Waals surface area contributed by atoms with Crippen molar-refractivity contribution >= 4 is 11.5 Å². The van der Waals surface area contributed by atoms with Crippen LogP contribution in [0.3, 0.4) is 0 Å². The summed E-state index contributed by atoms with van der Waals surface area (Å²) in [6.07, 6.45) is -0.258. The van der Waals surface area contributed by atoms with Crippen molar-refractivity contribution in [2.45, 2.75) is 51.7 Å². The molecule has 21 heavy (non-hydrogen) atoms. The number of halogens is 3. The Labute approximate surface area is 122 Å². The molecule has 1 aromatic carbocycles. The molecule has 0 bridgehead atoms. The van der Waals surface area contributed by atoms with Crippen molar-refractivity contribution in [3.05, 3.63) is 28.8 Å². The van der Waals surface area contributed by atoms with Crippen molar-refractivity contribution < 1.29 is 18.0 Å². The molecule has 2 rings (SSSR count). The number of hydrogen-bond acceptors (Lipinski definition) is 2. The Bertz CT molecular complexity index is 545. The molecule has 116 valence electrons. The number of ketones is 1. The number of carbonyl (C=O) groups is 1. The molecular formula is C16H20F3NO. The van der Waals surface area contributed by atoms with E-state index in [1.807, 2.05) is 11.9 Å². The molecule has 1 aliphatic rings. The molecule has 1 saturated carbocycles. The van der Waals surface area contributed by atoms with Gasteiger partial charge in [0, 0.05) is 24.3 Å². The third kappa shape index (κ3) is 3.22. The van der Waals surface area contributed by atoms with Crippen LogP contribution >= 0.6 is 0 Å². The van der Waals surface area contributed by atoms with Crippen molar-refractivity contribution in [3.8, 4) is 0 Å². The number of alkyl halides is 3. The maximum Gasteiger partial charge on any atom is 0.416 e. The molecule has 0 amide bonds. The quantitative estimate of drug-likeness (QED) is 0.761. The van der Waals surface area contributed by atoms with Gasteiger partial charge in [0.2, 0.25) is 0 Å². The second-order valence-corrected chi connectivity index (χ2v) is 5.77. The van der Waals surface area contributed by atoms with Crippen molar-refractivity contribution in [2.24, 2.45) is 0 Å². The Hall–Kier alpha value is -1.52. The summed E-state index contributed by atoms with van der Waals surface area (Å²) in [6.45, 7) is 3.03. The smallest absolute Gasteiger partial charge is 0.371 e. The average Bonchev–Trinajstić information content (AvgIpc) is 2.90. The van der Waals surface area contributed by atoms with Gasteiger partial charge in [0.15, 0.2) is 5.78 Å². The molecular weight excluding hydrogens is 279 g/mol. The number of carbonyl (C=O) groups excluding carboxylic acids is 1. The van der Waals surface area contributed by atoms with Gasteiger partial charge in [-0.3, -0.25) is 4.79 Å². The molecule has 0 atom stereocenters. The highest BCUT2D eigenvalue weighted by atomic mass is 19.4. The molecule has 0 saturated heterocycles. The first-order valence-corrected chi connectivity index (χ1v) is 7.17. The molecule has 0 N–H and O–H groups in total. The van der Waals surface area contributed by atoms with E-state index in [9.17, 15) is 18.0 Å². The normalized spacial score (nSPS) is 16.3. The summed E-state index contributed by atoms with van der Waals surface area (Å²) in [4.78, 5) is 13.6. The van der Waals surface area contributed by atoms with Crippen LogP contribution in [0.1, 0.15) is 54.1 Å². The lowest BCUT2D eigenvalue weighted by Gasteiger charge is -2.29. The maximum absolute atomic E-state index is 13.1. The fourth-order valence-electron chi connectivity index (χ4n) is 3.08. The number of nitrogens with zero attached hydrogens (tertiary/aromatic N) is 1. The Kier molecular flexibility index (Phi) is 4.30. The third-order valence-electron chi connectivity index (χ3n) is 4.34. The molecule has 1 aromatic rings. The van der Waals surface area contributed by atoms with E-state index in [1.165, 1.54) is 13.0 Å². The molecule has 2 nitrogen and oxygen atoms in total. The zero-order chi connectivity index (χ0) is 15.8. The first-order chi connectivity index (χ1) is 9.71. The Balaban J connectivity index is 2.52. The molecule has 0 aliphatic heterocycles. The van der Waals surface area contributed by atoms with Crippen LogP contribution in [0.2, 0.25) is 0 Å². The monoisotopic (exact) mass is 299 g/mol. The predicted molar refractivity (Wildman–Crippen MR) is 76.8 cm³/mol. The summed E-state index contributed by atoms with van der Waals surface area (Å²) in [5.41, 5.74) is 0.551. The molecule has 0 unspecified atom stereocenters. The van der Waals surface area contributed by atoms with E-state index >= 15 is 0 Å². The van der Waals surface area contributed by atoms with Crippen molar-refractivity contribution in [2.75, 3.05) is 11.9 Å². The van der Waals surface area contributed by atoms with E-state index in [2.05, 4.69) is 0 Å². The lowest BCUT2D eigenvalue weighted by atomic mass is 9.98. The highest BCUT2D eigenvalue weighted by Crippen LogP contribution is 2.37. The van der Waals surface area contributed by atoms with E-state index in [0.717, 1.165) is 31.7 Å². The van der Waals surface area contributed by atoms with Crippen LogP contribution in [0.15, 0.2) is 12.1 Å². The highest BCUT2D eigenvalue weighted by Gasteiger charge is 2.33. The number of hydrogen-bond donors (Lipinski definition) is 0. The van der Waals surface area contributed by atoms with Crippen molar-refractivity contribution in [3.63, 3.8) is 0 Å². The van der Waals surface area contributed by atoms with Gasteiger partial charge in [0.05, 0.1) is 5.56 Å². The van der Waals surface area contributed by atoms with E-state index < -0.39 is 11.7 Å². The van der Waals surface area contributed by atoms with E-state index in [0.29, 0.717) is 11.3 Å². The fourth-order valence-corrected chi connectivity index (χ4v) is 3.08. The minimum absolute atomic E-state index is 0.157. The number of rotatable bonds is 3. The summed E-state index contributed by atoms with van der Waals surface area (Å²) in [7, 11) is 1.82. The van der Waals surface area contributed by atoms with Crippen LogP contribution in [0, 0.1) is 6.92 Å². The summed E-state index contributed by atoms with van der Waals surface area (Å²) < 4.78 is 39.2. The van der Waals surface area contributed by atoms with Gasteiger partial charge in [-0.15, -0.1) is 0 Å². The fraction of sp³-hybridized carbons (Fsp3) is 0.562. The number of benzene rings is 1. The number of Topliss-reactive ketones (excluding diaryl/α,β-unsaturated/α-hetero) is 1. The van der Waals surface area contributed by atoms with Gasteiger partial charge in [0.1, 0.15) is 0 Å². The van der Waals surface area contributed by atoms with Crippen LogP contribution in [0.4, 0.5) is 18.9 Å². The summed E-state index contributed by atoms with van der Waals surface area (Å²) in [5.74, 6) is -0.334. The molecule has 1 aliphatic carbocycles. The zero-order valence-electron chi connectivity index (χ0n) is 12.5. The van der Waals surface area contributed by atoms with Crippen molar-refractivity contribution in [1.82, 2.24) is 0 Å². The molecule has 0 radical (unpaired) electrons. The second-order valence-electron chi connectivity index (χ2n) is 5.77. The summed E-state index contributed by atoms with van der Waals surface area (Å²) in [5, 5.41) is 0. The van der Waals surface area contributed by atoms with Gasteiger partial charge in [-0.2, -0.15) is 13.2 Å². The van der Waals surface area contributed by atoms with E-state index in [4.69, 9.17) is 0 Å². The number of anilines is 1. The van der Waals surface area contributed by atoms with E-state index in [-0.39, 0.29) is 17.4 Å². The lowest BCUT2D eigenvalue weighted by Crippen LogP contribution is -2.30. The van der Waals surface area contributed by atoms with Gasteiger partial charge < -0.3 is 4.90 Å². The minimum atomic E-state index is -4.44. The molecule has 5 heteroatoms. The van der Waals surface area contributed by atoms with Crippen LogP contribution in [0.25, 0.3) is 0 Å². The Morgan fingerprint density at radius 2 is 1.81 bits per heavy atom. The highest BCUT2D eigenvalue weighted by molar-refractivity contribution is 5.97. The minimum Gasteiger partial charge on any atom is -0.371 e. The molecule has 0 heterocycles. The van der Waals surface area contributed by atoms with E-state index in [1.54, 1.807) is 6.92 Å². The first-order valence-electron chi connectivity index (χ1n) is 7.17. The van der Waals surface area contributed by atoms with Gasteiger partial charge in [-0.1, -0.05) is 12.8 Å². The van der Waals surface area contributed by atoms with Gasteiger partial charge >= 0.3 is 6.18 Å². The lowest BCUT2D eigenvalue weighted by molar-refractivity contribution is -0.137. The van der Waals surface area contributed by atoms with Gasteiger partial charge in [-0.05, 0) is 44.4 Å². The van der Waals surface area contributed by atoms with Gasteiger partial charge in [0.25, 0.3) is 0 Å². The summed E-state index contributed by atoms with van der Waals surface area (Å²) in [6, 6.07) is 2.39. The largest absolute Gasteiger partial charge is 0.416 e. The standard InChI is InChI=1S/C16H20F3NO/c1-10-14(11(2)21)8-12(16(17,18)19)9-15(10)20(3)13-6-4-5-7-13/h8-9,13H,4-7H2,1-3H3. The molecule has 0 spiro atoms. The van der Waals surface area contributed by atoms with Crippen LogP contribution < -0.4 is 4.90 Å². The Morgan fingerprint density at radius 3 is 2.29 bits per heavy atom. The Morgan fingerprint density at radius 1 is 1.24 bits per heavy atom. The van der Waals surface area contributed by atoms with Crippen molar-refractivity contribution in [1.29, 1.82) is 0 Å². The van der Waals surface area contributed by atoms with Crippen LogP contribution in [0.5, 0.6) is 0 Å². The summed E-state index contributed by atoms with van der Waals surface area (Å²) >= 11 is 0. The molecule has 1 fully saturated rings. The van der Waals surface area contributed by atoms with Crippen LogP contribution in [-0.2, 0) is 6.18 Å². The average molecular weight is 299 g/mol. The third-order valence-corrected chi connectivity index (χ3v) is 4.34. The first kappa shape index (κ1) is 15.9.